The molecule has 0 amide bonds. The molecule has 25 nitrogen and oxygen atoms in total. The van der Waals surface area contributed by atoms with Gasteiger partial charge < -0.3 is 123 Å². The molecule has 0 aromatic carbocycles. The molecule has 4 aliphatic rings. The predicted octanol–water partition coefficient (Wildman–Crippen LogP) is -13.4. The second-order valence-corrected chi connectivity index (χ2v) is 11.6. The highest BCUT2D eigenvalue weighted by Gasteiger charge is 2.56. The molecule has 9 unspecified atom stereocenters. The van der Waals surface area contributed by atoms with Crippen LogP contribution in [0.25, 0.3) is 0 Å². The minimum Gasteiger partial charge on any atom is -0.547 e. The quantitative estimate of drug-likeness (QED) is 0.0918. The van der Waals surface area contributed by atoms with Crippen molar-refractivity contribution in [2.24, 2.45) is 0 Å². The molecule has 0 radical (unpaired) electrons. The van der Waals surface area contributed by atoms with E-state index in [4.69, 9.17) is 42.6 Å². The number of methoxy groups -OCH3 is 2. The number of carboxylic acids is 4. The molecule has 8 N–H and O–H groups in total. The van der Waals surface area contributed by atoms with Crippen LogP contribution in [0.4, 0.5) is 0 Å². The Morgan fingerprint density at radius 1 is 0.392 bits per heavy atom. The number of aliphatic hydroxyl groups excluding tert-OH is 8. The second kappa shape index (κ2) is 16.5. The van der Waals surface area contributed by atoms with Gasteiger partial charge in [0.1, 0.15) is 97.7 Å². The van der Waals surface area contributed by atoms with Gasteiger partial charge in [0.05, 0.1) is 23.9 Å². The first kappa shape index (κ1) is 41.0. The number of carbonyl (C=O) groups excluding carboxylic acids is 4. The van der Waals surface area contributed by atoms with E-state index in [1.54, 1.807) is 0 Å². The lowest BCUT2D eigenvalue weighted by atomic mass is 9.95. The molecule has 4 rings (SSSR count). The number of hydrogen-bond donors (Lipinski definition) is 8. The van der Waals surface area contributed by atoms with Crippen LogP contribution in [0.3, 0.4) is 0 Å². The van der Waals surface area contributed by atoms with Crippen LogP contribution < -0.4 is 20.4 Å². The van der Waals surface area contributed by atoms with Gasteiger partial charge >= 0.3 is 0 Å². The van der Waals surface area contributed by atoms with Crippen LogP contribution in [0.5, 0.6) is 0 Å². The summed E-state index contributed by atoms with van der Waals surface area (Å²) in [7, 11) is 1.95. The zero-order chi connectivity index (χ0) is 38.2. The Balaban J connectivity index is 1.51. The third kappa shape index (κ3) is 8.09. The monoisotopic (exact) mass is 746 g/mol. The van der Waals surface area contributed by atoms with Crippen molar-refractivity contribution < 1.29 is 123 Å². The number of rotatable bonds is 12. The van der Waals surface area contributed by atoms with Crippen molar-refractivity contribution in [2.45, 2.75) is 123 Å². The number of aliphatic carboxylic acids is 4. The number of ether oxygens (including phenoxy) is 9. The van der Waals surface area contributed by atoms with Crippen molar-refractivity contribution in [2.75, 3.05) is 14.2 Å². The Hall–Kier alpha value is -2.80. The van der Waals surface area contributed by atoms with Crippen LogP contribution in [-0.2, 0) is 61.8 Å². The molecule has 25 heteroatoms. The first-order chi connectivity index (χ1) is 23.9. The van der Waals surface area contributed by atoms with Crippen molar-refractivity contribution in [1.29, 1.82) is 0 Å². The Morgan fingerprint density at radius 2 is 0.627 bits per heavy atom. The summed E-state index contributed by atoms with van der Waals surface area (Å²) in [6, 6.07) is 0. The molecule has 51 heavy (non-hydrogen) atoms. The summed E-state index contributed by atoms with van der Waals surface area (Å²) < 4.78 is 45.3. The Morgan fingerprint density at radius 3 is 0.882 bits per heavy atom. The zero-order valence-electron chi connectivity index (χ0n) is 26.1. The minimum absolute atomic E-state index is 0.957. The summed E-state index contributed by atoms with van der Waals surface area (Å²) in [5.41, 5.74) is 0. The molecule has 0 bridgehead atoms. The van der Waals surface area contributed by atoms with Crippen LogP contribution in [0, 0.1) is 0 Å². The van der Waals surface area contributed by atoms with Crippen LogP contribution in [0.15, 0.2) is 0 Å². The highest BCUT2D eigenvalue weighted by molar-refractivity contribution is 5.72. The molecule has 4 fully saturated rings. The number of aliphatic hydroxyl groups is 8. The van der Waals surface area contributed by atoms with Gasteiger partial charge in [0, 0.05) is 14.2 Å². The predicted molar refractivity (Wildman–Crippen MR) is 135 cm³/mol. The fourth-order valence-corrected chi connectivity index (χ4v) is 5.82. The molecule has 292 valence electrons. The molecule has 4 heterocycles. The lowest BCUT2D eigenvalue weighted by Crippen LogP contribution is -2.70. The first-order valence-corrected chi connectivity index (χ1v) is 14.8. The van der Waals surface area contributed by atoms with E-state index in [0.29, 0.717) is 0 Å². The topological polar surface area (TPSA) is 405 Å². The standard InChI is InChI=1S/C26H38O25/c1-43-11-3(27)8(32)24(49-15(11)19(35)36)46-13-5(29)10(34)26(51-17(13)21(39)40)47-14-6(30)9(33)25(50-18(14)22(41)42)45-12-4(28)7(31)23(44-2)48-16(12)20(37)38/h3-18,23-34H,1-2H3,(H,35,36)(H,37,38)(H,39,40)(H,41,42)/p-4/t3-,4?,5?,6?,7?,8?,9+,10?,11-,12-,13-,14-,15?,16+,17?,18?,23+,24+,25+,26+/m0/s1. The summed E-state index contributed by atoms with van der Waals surface area (Å²) in [6.07, 6.45) is -44.8. The molecular formula is C26H34O25-4. The first-order valence-electron chi connectivity index (χ1n) is 14.8. The van der Waals surface area contributed by atoms with E-state index in [1.807, 2.05) is 0 Å². The summed E-state index contributed by atoms with van der Waals surface area (Å²) in [6.45, 7) is 0. The smallest absolute Gasteiger partial charge is 0.187 e. The van der Waals surface area contributed by atoms with Crippen molar-refractivity contribution in [3.05, 3.63) is 0 Å². The van der Waals surface area contributed by atoms with Crippen molar-refractivity contribution in [3.63, 3.8) is 0 Å². The Labute approximate surface area is 284 Å². The van der Waals surface area contributed by atoms with E-state index in [1.165, 1.54) is 0 Å². The van der Waals surface area contributed by atoms with Crippen molar-refractivity contribution in [3.8, 4) is 0 Å². The number of hydrogen-bond acceptors (Lipinski definition) is 25. The number of carboxylic acid groups (broad SMARTS) is 4. The molecule has 20 atom stereocenters. The van der Waals surface area contributed by atoms with Crippen LogP contribution in [0.1, 0.15) is 0 Å². The van der Waals surface area contributed by atoms with Crippen molar-refractivity contribution >= 4 is 23.9 Å². The number of carbonyl (C=O) groups is 4. The van der Waals surface area contributed by atoms with E-state index in [-0.39, 0.29) is 0 Å². The summed E-state index contributed by atoms with van der Waals surface area (Å²) in [5.74, 6) is -8.42. The van der Waals surface area contributed by atoms with Gasteiger partial charge in [0.25, 0.3) is 0 Å². The van der Waals surface area contributed by atoms with E-state index in [9.17, 15) is 80.5 Å². The van der Waals surface area contributed by atoms with Gasteiger partial charge in [-0.2, -0.15) is 0 Å². The van der Waals surface area contributed by atoms with Gasteiger partial charge in [-0.05, 0) is 0 Å². The molecule has 4 saturated heterocycles. The fourth-order valence-electron chi connectivity index (χ4n) is 5.82. The second-order valence-electron chi connectivity index (χ2n) is 11.6. The van der Waals surface area contributed by atoms with Gasteiger partial charge in [-0.15, -0.1) is 0 Å². The fraction of sp³-hybridized carbons (Fsp3) is 0.846. The molecular weight excluding hydrogens is 712 g/mol. The SMILES string of the molecule is CO[C@@H]1O[C@@H](C(=O)[O-])[C@@H](O[C@@H]2OC(C(=O)[O-])[C@@H](O[C@@H]3OC(C(=O)[O-])[C@@H](O[C@@H]4OC(C(=O)[O-])[C@@H](OC)[C@@H](O)C4O)C(O)C3O)C(O)[C@H]2O)C(O)C1O. The summed E-state index contributed by atoms with van der Waals surface area (Å²) in [5, 5.41) is 132. The minimum atomic E-state index is -2.54. The lowest BCUT2D eigenvalue weighted by Gasteiger charge is -2.49. The largest absolute Gasteiger partial charge is 0.547 e. The molecule has 0 aromatic heterocycles. The Kier molecular flexibility index (Phi) is 13.2. The molecule has 0 aliphatic carbocycles. The third-order valence-electron chi connectivity index (χ3n) is 8.49. The van der Waals surface area contributed by atoms with Crippen LogP contribution in [-0.4, -0.2) is 202 Å². The molecule has 0 spiro atoms. The van der Waals surface area contributed by atoms with Crippen LogP contribution >= 0.6 is 0 Å². The normalized spacial score (nSPS) is 47.7. The maximum absolute atomic E-state index is 12.0. The average molecular weight is 747 g/mol. The molecule has 0 aromatic rings. The van der Waals surface area contributed by atoms with E-state index in [0.717, 1.165) is 14.2 Å². The molecule has 4 aliphatic heterocycles. The van der Waals surface area contributed by atoms with Gasteiger partial charge in [-0.3, -0.25) is 0 Å². The third-order valence-corrected chi connectivity index (χ3v) is 8.49. The highest BCUT2D eigenvalue weighted by Crippen LogP contribution is 2.34. The van der Waals surface area contributed by atoms with Gasteiger partial charge in [-0.1, -0.05) is 0 Å². The van der Waals surface area contributed by atoms with Crippen LogP contribution in [0.2, 0.25) is 0 Å². The summed E-state index contributed by atoms with van der Waals surface area (Å²) in [4.78, 5) is 47.2. The average Bonchev–Trinajstić information content (AvgIpc) is 3.07. The Bertz CT molecular complexity index is 1250. The summed E-state index contributed by atoms with van der Waals surface area (Å²) >= 11 is 0. The van der Waals surface area contributed by atoms with E-state index >= 15 is 0 Å². The maximum atomic E-state index is 12.0. The van der Waals surface area contributed by atoms with Crippen molar-refractivity contribution in [1.82, 2.24) is 0 Å². The lowest BCUT2D eigenvalue weighted by molar-refractivity contribution is -0.402. The molecule has 0 saturated carbocycles. The van der Waals surface area contributed by atoms with Gasteiger partial charge in [0.15, 0.2) is 25.2 Å². The maximum Gasteiger partial charge on any atom is 0.187 e. The van der Waals surface area contributed by atoms with E-state index in [2.05, 4.69) is 0 Å². The van der Waals surface area contributed by atoms with E-state index < -0.39 is 147 Å². The highest BCUT2D eigenvalue weighted by atomic mass is 16.8. The van der Waals surface area contributed by atoms with Gasteiger partial charge in [0.2, 0.25) is 0 Å². The van der Waals surface area contributed by atoms with Gasteiger partial charge in [-0.25, -0.2) is 0 Å². The zero-order valence-corrected chi connectivity index (χ0v) is 26.1.